The van der Waals surface area contributed by atoms with Gasteiger partial charge in [-0.3, -0.25) is 0 Å². The van der Waals surface area contributed by atoms with Crippen molar-refractivity contribution in [2.75, 3.05) is 26.3 Å². The second-order valence-electron chi connectivity index (χ2n) is 2.77. The highest BCUT2D eigenvalue weighted by Crippen LogP contribution is 2.01. The molecule has 4 heteroatoms. The van der Waals surface area contributed by atoms with Gasteiger partial charge in [0.05, 0.1) is 13.2 Å². The number of carboxylic acid groups (broad SMARTS) is 1. The lowest BCUT2D eigenvalue weighted by Crippen LogP contribution is -2.32. The summed E-state index contributed by atoms with van der Waals surface area (Å²) in [4.78, 5) is 12.4. The van der Waals surface area contributed by atoms with Gasteiger partial charge in [-0.15, -0.1) is 0 Å². The Morgan fingerprint density at radius 1 is 1.50 bits per heavy atom. The molecule has 0 radical (unpaired) electrons. The molecular formula is C8H13NO3. The van der Waals surface area contributed by atoms with Crippen LogP contribution in [-0.2, 0) is 9.53 Å². The Hall–Kier alpha value is -1.03. The Morgan fingerprint density at radius 2 is 2.08 bits per heavy atom. The predicted molar refractivity (Wildman–Crippen MR) is 43.8 cm³/mol. The van der Waals surface area contributed by atoms with Crippen molar-refractivity contribution in [1.82, 2.24) is 4.90 Å². The van der Waals surface area contributed by atoms with Gasteiger partial charge in [-0.25, -0.2) is 4.79 Å². The number of rotatable bonds is 2. The zero-order valence-electron chi connectivity index (χ0n) is 7.12. The lowest BCUT2D eigenvalue weighted by atomic mass is 10.3. The summed E-state index contributed by atoms with van der Waals surface area (Å²) in [5.41, 5.74) is 0.372. The monoisotopic (exact) mass is 171 g/mol. The van der Waals surface area contributed by atoms with E-state index in [-0.39, 0.29) is 0 Å². The molecule has 1 aliphatic rings. The van der Waals surface area contributed by atoms with E-state index in [1.807, 2.05) is 4.90 Å². The highest BCUT2D eigenvalue weighted by molar-refractivity contribution is 5.85. The smallest absolute Gasteiger partial charge is 0.332 e. The lowest BCUT2D eigenvalue weighted by Gasteiger charge is -2.25. The van der Waals surface area contributed by atoms with E-state index in [2.05, 4.69) is 0 Å². The quantitative estimate of drug-likeness (QED) is 0.607. The maximum absolute atomic E-state index is 10.4. The summed E-state index contributed by atoms with van der Waals surface area (Å²) in [6, 6.07) is 0. The molecule has 0 bridgehead atoms. The van der Waals surface area contributed by atoms with Crippen LogP contribution in [0, 0.1) is 0 Å². The van der Waals surface area contributed by atoms with Crippen LogP contribution in [0.1, 0.15) is 6.92 Å². The van der Waals surface area contributed by atoms with Gasteiger partial charge in [0.2, 0.25) is 0 Å². The Kier molecular flexibility index (Phi) is 3.10. The average molecular weight is 171 g/mol. The van der Waals surface area contributed by atoms with Gasteiger partial charge in [0.15, 0.2) is 0 Å². The SMILES string of the molecule is C/C(=C\N1CCOCC1)C(=O)O. The number of hydrogen-bond donors (Lipinski definition) is 1. The first-order valence-corrected chi connectivity index (χ1v) is 3.93. The van der Waals surface area contributed by atoms with Crippen molar-refractivity contribution in [3.05, 3.63) is 11.8 Å². The van der Waals surface area contributed by atoms with Crippen LogP contribution in [-0.4, -0.2) is 42.3 Å². The minimum Gasteiger partial charge on any atom is -0.478 e. The molecule has 4 nitrogen and oxygen atoms in total. The van der Waals surface area contributed by atoms with Crippen LogP contribution >= 0.6 is 0 Å². The molecule has 0 aromatic rings. The molecule has 0 aliphatic carbocycles. The molecule has 0 spiro atoms. The van der Waals surface area contributed by atoms with E-state index in [1.54, 1.807) is 13.1 Å². The summed E-state index contributed by atoms with van der Waals surface area (Å²) in [5.74, 6) is -0.860. The molecule has 0 amide bonds. The van der Waals surface area contributed by atoms with Crippen molar-refractivity contribution in [2.24, 2.45) is 0 Å². The van der Waals surface area contributed by atoms with Gasteiger partial charge in [0, 0.05) is 24.9 Å². The van der Waals surface area contributed by atoms with Gasteiger partial charge in [-0.1, -0.05) is 0 Å². The van der Waals surface area contributed by atoms with Crippen LogP contribution in [0.5, 0.6) is 0 Å². The van der Waals surface area contributed by atoms with E-state index in [4.69, 9.17) is 9.84 Å². The van der Waals surface area contributed by atoms with Crippen LogP contribution in [0.3, 0.4) is 0 Å². The topological polar surface area (TPSA) is 49.8 Å². The first-order chi connectivity index (χ1) is 5.70. The van der Waals surface area contributed by atoms with Crippen LogP contribution in [0.4, 0.5) is 0 Å². The van der Waals surface area contributed by atoms with Gasteiger partial charge in [0.25, 0.3) is 0 Å². The molecule has 12 heavy (non-hydrogen) atoms. The first kappa shape index (κ1) is 9.06. The highest BCUT2D eigenvalue weighted by atomic mass is 16.5. The van der Waals surface area contributed by atoms with Crippen LogP contribution < -0.4 is 0 Å². The number of carbonyl (C=O) groups is 1. The van der Waals surface area contributed by atoms with Crippen molar-refractivity contribution in [1.29, 1.82) is 0 Å². The number of aliphatic carboxylic acids is 1. The summed E-state index contributed by atoms with van der Waals surface area (Å²) in [6.07, 6.45) is 1.67. The highest BCUT2D eigenvalue weighted by Gasteiger charge is 2.08. The third-order valence-electron chi connectivity index (χ3n) is 1.76. The van der Waals surface area contributed by atoms with Gasteiger partial charge >= 0.3 is 5.97 Å². The number of nitrogens with zero attached hydrogens (tertiary/aromatic N) is 1. The van der Waals surface area contributed by atoms with Crippen LogP contribution in [0.15, 0.2) is 11.8 Å². The Labute approximate surface area is 71.4 Å². The van der Waals surface area contributed by atoms with Crippen LogP contribution in [0.2, 0.25) is 0 Å². The molecular weight excluding hydrogens is 158 g/mol. The van der Waals surface area contributed by atoms with Gasteiger partial charge in [-0.2, -0.15) is 0 Å². The van der Waals surface area contributed by atoms with Crippen molar-refractivity contribution in [2.45, 2.75) is 6.92 Å². The largest absolute Gasteiger partial charge is 0.478 e. The Morgan fingerprint density at radius 3 is 2.58 bits per heavy atom. The van der Waals surface area contributed by atoms with E-state index < -0.39 is 5.97 Å². The second-order valence-corrected chi connectivity index (χ2v) is 2.77. The summed E-state index contributed by atoms with van der Waals surface area (Å²) in [5, 5.41) is 8.59. The fourth-order valence-electron chi connectivity index (χ4n) is 1.04. The van der Waals surface area contributed by atoms with Crippen molar-refractivity contribution in [3.8, 4) is 0 Å². The molecule has 1 N–H and O–H groups in total. The van der Waals surface area contributed by atoms with Gasteiger partial charge in [-0.05, 0) is 6.92 Å². The molecule has 0 unspecified atom stereocenters. The van der Waals surface area contributed by atoms with Crippen molar-refractivity contribution in [3.63, 3.8) is 0 Å². The lowest BCUT2D eigenvalue weighted by molar-refractivity contribution is -0.132. The summed E-state index contributed by atoms with van der Waals surface area (Å²) in [7, 11) is 0. The number of carboxylic acids is 1. The molecule has 0 atom stereocenters. The van der Waals surface area contributed by atoms with E-state index >= 15 is 0 Å². The normalized spacial score (nSPS) is 19.4. The Bertz CT molecular complexity index is 194. The molecule has 1 saturated heterocycles. The van der Waals surface area contributed by atoms with E-state index in [1.165, 1.54) is 0 Å². The summed E-state index contributed by atoms with van der Waals surface area (Å²) < 4.78 is 5.12. The maximum Gasteiger partial charge on any atom is 0.332 e. The molecule has 1 rings (SSSR count). The van der Waals surface area contributed by atoms with E-state index in [0.29, 0.717) is 18.8 Å². The number of ether oxygens (including phenoxy) is 1. The third-order valence-corrected chi connectivity index (χ3v) is 1.76. The second kappa shape index (κ2) is 4.11. The van der Waals surface area contributed by atoms with Crippen molar-refractivity contribution >= 4 is 5.97 Å². The van der Waals surface area contributed by atoms with Gasteiger partial charge < -0.3 is 14.7 Å². The van der Waals surface area contributed by atoms with E-state index in [0.717, 1.165) is 13.1 Å². The Balaban J connectivity index is 2.47. The average Bonchev–Trinajstić information content (AvgIpc) is 2.06. The fraction of sp³-hybridized carbons (Fsp3) is 0.625. The fourth-order valence-corrected chi connectivity index (χ4v) is 1.04. The molecule has 0 aromatic heterocycles. The third kappa shape index (κ3) is 2.54. The number of morpholine rings is 1. The summed E-state index contributed by atoms with van der Waals surface area (Å²) >= 11 is 0. The van der Waals surface area contributed by atoms with Gasteiger partial charge in [0.1, 0.15) is 0 Å². The molecule has 0 aromatic carbocycles. The predicted octanol–water partition coefficient (Wildman–Crippen LogP) is 0.307. The molecule has 1 heterocycles. The molecule has 68 valence electrons. The van der Waals surface area contributed by atoms with Crippen LogP contribution in [0.25, 0.3) is 0 Å². The standard InChI is InChI=1S/C8H13NO3/c1-7(8(10)11)6-9-2-4-12-5-3-9/h6H,2-5H2,1H3,(H,10,11)/b7-6+. The zero-order chi connectivity index (χ0) is 8.97. The molecule has 1 fully saturated rings. The minimum atomic E-state index is -0.860. The first-order valence-electron chi connectivity index (χ1n) is 3.93. The zero-order valence-corrected chi connectivity index (χ0v) is 7.12. The maximum atomic E-state index is 10.4. The molecule has 0 saturated carbocycles. The minimum absolute atomic E-state index is 0.372. The molecule has 1 aliphatic heterocycles. The van der Waals surface area contributed by atoms with Crippen molar-refractivity contribution < 1.29 is 14.6 Å². The summed E-state index contributed by atoms with van der Waals surface area (Å²) in [6.45, 7) is 4.53. The number of hydrogen-bond acceptors (Lipinski definition) is 3. The van der Waals surface area contributed by atoms with E-state index in [9.17, 15) is 4.79 Å².